The summed E-state index contributed by atoms with van der Waals surface area (Å²) in [6.45, 7) is 12.3. The van der Waals surface area contributed by atoms with Crippen LogP contribution in [-0.2, 0) is 19.1 Å². The molecule has 0 aromatic heterocycles. The average molecular weight is 627 g/mol. The zero-order chi connectivity index (χ0) is 31.4. The summed E-state index contributed by atoms with van der Waals surface area (Å²) in [5.74, 6) is 8.52. The van der Waals surface area contributed by atoms with E-state index < -0.39 is 0 Å². The van der Waals surface area contributed by atoms with Crippen LogP contribution in [0.2, 0.25) is 0 Å². The van der Waals surface area contributed by atoms with E-state index in [9.17, 15) is 9.59 Å². The van der Waals surface area contributed by atoms with Crippen molar-refractivity contribution in [3.8, 4) is 0 Å². The highest BCUT2D eigenvalue weighted by Crippen LogP contribution is 2.76. The fourth-order valence-electron chi connectivity index (χ4n) is 17.4. The Labute approximate surface area is 277 Å². The molecule has 4 heteroatoms. The first-order chi connectivity index (χ1) is 22.0. The zero-order valence-corrected chi connectivity index (χ0v) is 28.7. The first-order valence-electron chi connectivity index (χ1n) is 19.8. The molecule has 11 unspecified atom stereocenters. The van der Waals surface area contributed by atoms with Crippen LogP contribution in [0.15, 0.2) is 24.8 Å². The van der Waals surface area contributed by atoms with Crippen molar-refractivity contribution in [1.29, 1.82) is 0 Å². The third-order valence-electron chi connectivity index (χ3n) is 17.9. The van der Waals surface area contributed by atoms with Crippen molar-refractivity contribution in [2.75, 3.05) is 0 Å². The van der Waals surface area contributed by atoms with E-state index in [1.165, 1.54) is 115 Å². The number of esters is 2. The quantitative estimate of drug-likeness (QED) is 0.209. The van der Waals surface area contributed by atoms with Gasteiger partial charge in [0.1, 0.15) is 11.2 Å². The van der Waals surface area contributed by atoms with Gasteiger partial charge in [0.2, 0.25) is 0 Å². The Hall–Kier alpha value is -1.58. The molecule has 0 aromatic rings. The molecular formula is C42H58O4. The predicted octanol–water partition coefficient (Wildman–Crippen LogP) is 9.08. The molecule has 0 amide bonds. The molecule has 250 valence electrons. The van der Waals surface area contributed by atoms with Gasteiger partial charge in [-0.25, -0.2) is 9.59 Å². The number of ether oxygens (including phenoxy) is 2. The number of hydrogen-bond donors (Lipinski definition) is 0. The summed E-state index contributed by atoms with van der Waals surface area (Å²) < 4.78 is 13.7. The van der Waals surface area contributed by atoms with Crippen LogP contribution >= 0.6 is 0 Å². The Kier molecular flexibility index (Phi) is 6.10. The molecule has 46 heavy (non-hydrogen) atoms. The highest BCUT2D eigenvalue weighted by molar-refractivity contribution is 5.87. The van der Waals surface area contributed by atoms with Gasteiger partial charge in [-0.15, -0.1) is 0 Å². The lowest BCUT2D eigenvalue weighted by Crippen LogP contribution is -2.68. The lowest BCUT2D eigenvalue weighted by Gasteiger charge is -2.69. The van der Waals surface area contributed by atoms with Crippen molar-refractivity contribution in [1.82, 2.24) is 0 Å². The molecule has 12 fully saturated rings. The molecule has 12 saturated carbocycles. The van der Waals surface area contributed by atoms with Crippen LogP contribution in [0.4, 0.5) is 0 Å². The molecular weight excluding hydrogens is 568 g/mol. The van der Waals surface area contributed by atoms with E-state index in [4.69, 9.17) is 9.47 Å². The second-order valence-corrected chi connectivity index (χ2v) is 20.1. The molecule has 12 bridgehead atoms. The molecule has 0 radical (unpaired) electrons. The summed E-state index contributed by atoms with van der Waals surface area (Å²) in [4.78, 5) is 26.5. The molecule has 12 aliphatic rings. The second kappa shape index (κ2) is 9.56. The fourth-order valence-corrected chi connectivity index (χ4v) is 17.4. The maximum Gasteiger partial charge on any atom is 0.333 e. The van der Waals surface area contributed by atoms with Crippen molar-refractivity contribution in [2.24, 2.45) is 87.8 Å². The van der Waals surface area contributed by atoms with Crippen LogP contribution in [0, 0.1) is 87.8 Å². The van der Waals surface area contributed by atoms with Gasteiger partial charge in [-0.2, -0.15) is 0 Å². The second-order valence-electron chi connectivity index (χ2n) is 20.1. The SMILES string of the molecule is C=CC(=O)OC1(C2CC3CC2CC3C23CC4CC(C2)C(OC(=O)C(=C)C)(C2CC5CCC2C5)C(C4)C3)C2CC3CC1CC(C)(C3)C2. The zero-order valence-electron chi connectivity index (χ0n) is 28.7. The summed E-state index contributed by atoms with van der Waals surface area (Å²) in [6.07, 6.45) is 23.8. The monoisotopic (exact) mass is 626 g/mol. The number of hydrogen-bond acceptors (Lipinski definition) is 4. The summed E-state index contributed by atoms with van der Waals surface area (Å²) in [6, 6.07) is 0. The van der Waals surface area contributed by atoms with E-state index in [-0.39, 0.29) is 23.1 Å². The number of carbonyl (C=O) groups excluding carboxylic acids is 2. The Balaban J connectivity index is 0.946. The van der Waals surface area contributed by atoms with Gasteiger partial charge in [-0.3, -0.25) is 0 Å². The minimum atomic E-state index is -0.249. The Morgan fingerprint density at radius 1 is 0.630 bits per heavy atom. The topological polar surface area (TPSA) is 52.6 Å². The van der Waals surface area contributed by atoms with Gasteiger partial charge < -0.3 is 9.47 Å². The lowest BCUT2D eigenvalue weighted by molar-refractivity contribution is -0.262. The predicted molar refractivity (Wildman–Crippen MR) is 177 cm³/mol. The Morgan fingerprint density at radius 2 is 1.22 bits per heavy atom. The number of fused-ring (bicyclic) bond motifs is 4. The number of rotatable bonds is 7. The molecule has 0 spiro atoms. The summed E-state index contributed by atoms with van der Waals surface area (Å²) in [7, 11) is 0. The molecule has 4 nitrogen and oxygen atoms in total. The molecule has 0 aliphatic heterocycles. The van der Waals surface area contributed by atoms with Crippen molar-refractivity contribution in [3.63, 3.8) is 0 Å². The van der Waals surface area contributed by atoms with Crippen LogP contribution in [0.25, 0.3) is 0 Å². The minimum Gasteiger partial charge on any atom is -0.455 e. The van der Waals surface area contributed by atoms with Crippen LogP contribution < -0.4 is 0 Å². The maximum absolute atomic E-state index is 13.4. The van der Waals surface area contributed by atoms with Crippen molar-refractivity contribution < 1.29 is 19.1 Å². The Morgan fingerprint density at radius 3 is 1.76 bits per heavy atom. The third-order valence-corrected chi connectivity index (χ3v) is 17.9. The first-order valence-corrected chi connectivity index (χ1v) is 19.8. The van der Waals surface area contributed by atoms with Gasteiger partial charge in [-0.05, 0) is 162 Å². The molecule has 0 saturated heterocycles. The highest BCUT2D eigenvalue weighted by atomic mass is 16.6. The first kappa shape index (κ1) is 29.3. The largest absolute Gasteiger partial charge is 0.455 e. The Bertz CT molecular complexity index is 1340. The van der Waals surface area contributed by atoms with Crippen molar-refractivity contribution >= 4 is 11.9 Å². The highest BCUT2D eigenvalue weighted by Gasteiger charge is 2.73. The van der Waals surface area contributed by atoms with Gasteiger partial charge in [0, 0.05) is 47.2 Å². The van der Waals surface area contributed by atoms with Crippen LogP contribution in [-0.4, -0.2) is 23.1 Å². The van der Waals surface area contributed by atoms with Crippen molar-refractivity contribution in [2.45, 2.75) is 134 Å². The molecule has 0 N–H and O–H groups in total. The molecule has 0 aromatic carbocycles. The molecule has 0 heterocycles. The standard InChI is InChI=1S/C42H58O4/c1-5-37(43)45-41(30-9-25-10-31(41)20-39(4,17-25)19-30)36-16-28-14-29(36)15-34(28)40-18-26-11-32(21-40)42(33(12-26)22-40,46-38(44)23(2)3)35-13-24-6-7-27(35)8-24/h5,24-36H,1-2,6-22H2,3-4H3. The van der Waals surface area contributed by atoms with E-state index in [0.29, 0.717) is 57.8 Å². The number of carbonyl (C=O) groups is 2. The normalized spacial score (nSPS) is 58.1. The van der Waals surface area contributed by atoms with Gasteiger partial charge in [0.25, 0.3) is 0 Å². The van der Waals surface area contributed by atoms with E-state index in [2.05, 4.69) is 20.1 Å². The summed E-state index contributed by atoms with van der Waals surface area (Å²) >= 11 is 0. The van der Waals surface area contributed by atoms with Gasteiger partial charge in [0.15, 0.2) is 0 Å². The van der Waals surface area contributed by atoms with E-state index in [1.54, 1.807) is 0 Å². The summed E-state index contributed by atoms with van der Waals surface area (Å²) in [5, 5.41) is 0. The van der Waals surface area contributed by atoms with Gasteiger partial charge in [-0.1, -0.05) is 26.5 Å². The van der Waals surface area contributed by atoms with Gasteiger partial charge in [0.05, 0.1) is 0 Å². The van der Waals surface area contributed by atoms with Crippen LogP contribution in [0.5, 0.6) is 0 Å². The third kappa shape index (κ3) is 3.74. The van der Waals surface area contributed by atoms with Gasteiger partial charge >= 0.3 is 11.9 Å². The smallest absolute Gasteiger partial charge is 0.333 e. The fraction of sp³-hybridized carbons (Fsp3) is 0.857. The van der Waals surface area contributed by atoms with Crippen LogP contribution in [0.3, 0.4) is 0 Å². The van der Waals surface area contributed by atoms with E-state index in [1.807, 2.05) is 6.92 Å². The summed E-state index contributed by atoms with van der Waals surface area (Å²) in [5.41, 5.74) is 0.978. The lowest BCUT2D eigenvalue weighted by atomic mass is 9.38. The minimum absolute atomic E-state index is 0.115. The van der Waals surface area contributed by atoms with E-state index in [0.717, 1.165) is 35.5 Å². The molecule has 11 atom stereocenters. The molecule has 12 rings (SSSR count). The van der Waals surface area contributed by atoms with E-state index >= 15 is 0 Å². The average Bonchev–Trinajstić information content (AvgIpc) is 3.82. The van der Waals surface area contributed by atoms with Crippen molar-refractivity contribution in [3.05, 3.63) is 24.8 Å². The van der Waals surface area contributed by atoms with Crippen LogP contribution in [0.1, 0.15) is 123 Å². The molecule has 12 aliphatic carbocycles. The maximum atomic E-state index is 13.4.